The van der Waals surface area contributed by atoms with Gasteiger partial charge in [-0.25, -0.2) is 0 Å². The summed E-state index contributed by atoms with van der Waals surface area (Å²) in [4.78, 5) is 12.9. The van der Waals surface area contributed by atoms with Gasteiger partial charge in [-0.3, -0.25) is 4.79 Å². The van der Waals surface area contributed by atoms with Gasteiger partial charge in [0.05, 0.1) is 4.32 Å². The van der Waals surface area contributed by atoms with Crippen LogP contribution in [0.15, 0.2) is 17.5 Å². The number of alkyl halides is 1. The summed E-state index contributed by atoms with van der Waals surface area (Å²) in [5, 5.41) is 5.03. The van der Waals surface area contributed by atoms with E-state index in [0.717, 1.165) is 6.42 Å². The van der Waals surface area contributed by atoms with Gasteiger partial charge in [0.1, 0.15) is 0 Å². The lowest BCUT2D eigenvalue weighted by atomic mass is 10.1. The number of halogens is 1. The van der Waals surface area contributed by atoms with E-state index in [-0.39, 0.29) is 11.9 Å². The minimum absolute atomic E-state index is 0.0338. The second-order valence-electron chi connectivity index (χ2n) is 4.13. The second kappa shape index (κ2) is 5.12. The Hall–Kier alpha value is -0.350. The van der Waals surface area contributed by atoms with Crippen LogP contribution in [-0.2, 0) is 11.2 Å². The fraction of sp³-hybridized carbons (Fsp3) is 0.545. The molecule has 84 valence electrons. The van der Waals surface area contributed by atoms with Gasteiger partial charge >= 0.3 is 0 Å². The first-order valence-electron chi connectivity index (χ1n) is 4.92. The van der Waals surface area contributed by atoms with E-state index >= 15 is 0 Å². The van der Waals surface area contributed by atoms with Crippen LogP contribution in [0.4, 0.5) is 0 Å². The summed E-state index contributed by atoms with van der Waals surface area (Å²) in [6.45, 7) is 5.72. The first kappa shape index (κ1) is 12.7. The molecule has 0 bridgehead atoms. The van der Waals surface area contributed by atoms with Crippen LogP contribution >= 0.6 is 27.3 Å². The first-order valence-corrected chi connectivity index (χ1v) is 6.59. The zero-order chi connectivity index (χ0) is 11.5. The molecule has 15 heavy (non-hydrogen) atoms. The smallest absolute Gasteiger partial charge is 0.236 e. The maximum absolute atomic E-state index is 11.6. The van der Waals surface area contributed by atoms with Crippen LogP contribution in [-0.4, -0.2) is 16.3 Å². The van der Waals surface area contributed by atoms with Crippen LogP contribution < -0.4 is 5.32 Å². The second-order valence-corrected chi connectivity index (χ2v) is 7.15. The van der Waals surface area contributed by atoms with Crippen LogP contribution in [0.2, 0.25) is 0 Å². The molecule has 1 N–H and O–H groups in total. The van der Waals surface area contributed by atoms with E-state index in [1.54, 1.807) is 11.3 Å². The molecule has 1 unspecified atom stereocenters. The third-order valence-electron chi connectivity index (χ3n) is 2.00. The lowest BCUT2D eigenvalue weighted by Gasteiger charge is -2.20. The van der Waals surface area contributed by atoms with Crippen molar-refractivity contribution in [2.75, 3.05) is 0 Å². The summed E-state index contributed by atoms with van der Waals surface area (Å²) in [6, 6.07) is 4.29. The molecule has 1 rings (SSSR count). The summed E-state index contributed by atoms with van der Waals surface area (Å²) in [5.41, 5.74) is 0. The number of thiophene rings is 1. The number of hydrogen-bond donors (Lipinski definition) is 1. The van der Waals surface area contributed by atoms with Crippen LogP contribution in [0.5, 0.6) is 0 Å². The zero-order valence-corrected chi connectivity index (χ0v) is 11.6. The standard InChI is InChI=1S/C11H16BrNOS/c1-8(7-9-5-4-6-15-9)13-10(14)11(2,3)12/h4-6,8H,7H2,1-3H3,(H,13,14). The first-order chi connectivity index (χ1) is 6.89. The highest BCUT2D eigenvalue weighted by Crippen LogP contribution is 2.16. The Bertz CT molecular complexity index is 316. The topological polar surface area (TPSA) is 29.1 Å². The number of carbonyl (C=O) groups excluding carboxylic acids is 1. The van der Waals surface area contributed by atoms with Crippen molar-refractivity contribution in [3.63, 3.8) is 0 Å². The summed E-state index contributed by atoms with van der Waals surface area (Å²) in [5.74, 6) is 0.0338. The van der Waals surface area contributed by atoms with Crippen molar-refractivity contribution in [1.82, 2.24) is 5.32 Å². The Balaban J connectivity index is 2.43. The predicted octanol–water partition coefficient (Wildman–Crippen LogP) is 2.97. The summed E-state index contributed by atoms with van der Waals surface area (Å²) >= 11 is 5.06. The molecule has 0 aliphatic heterocycles. The molecule has 1 amide bonds. The van der Waals surface area contributed by atoms with Crippen molar-refractivity contribution in [3.8, 4) is 0 Å². The highest BCUT2D eigenvalue weighted by molar-refractivity contribution is 9.10. The van der Waals surface area contributed by atoms with Crippen LogP contribution in [0.3, 0.4) is 0 Å². The Kier molecular flexibility index (Phi) is 4.34. The number of hydrogen-bond acceptors (Lipinski definition) is 2. The third-order valence-corrected chi connectivity index (χ3v) is 3.26. The summed E-state index contributed by atoms with van der Waals surface area (Å²) < 4.78 is -0.489. The van der Waals surface area contributed by atoms with Crippen molar-refractivity contribution >= 4 is 33.2 Å². The molecule has 1 aromatic rings. The van der Waals surface area contributed by atoms with Crippen molar-refractivity contribution in [1.29, 1.82) is 0 Å². The van der Waals surface area contributed by atoms with E-state index in [1.807, 2.05) is 26.8 Å². The number of carbonyl (C=O) groups is 1. The van der Waals surface area contributed by atoms with Crippen molar-refractivity contribution in [3.05, 3.63) is 22.4 Å². The molecule has 0 fully saturated rings. The molecule has 0 spiro atoms. The fourth-order valence-corrected chi connectivity index (χ4v) is 2.13. The van der Waals surface area contributed by atoms with Gasteiger partial charge in [-0.15, -0.1) is 11.3 Å². The molecule has 0 aliphatic rings. The molecule has 1 heterocycles. The van der Waals surface area contributed by atoms with E-state index < -0.39 is 4.32 Å². The van der Waals surface area contributed by atoms with E-state index in [0.29, 0.717) is 0 Å². The largest absolute Gasteiger partial charge is 0.352 e. The quantitative estimate of drug-likeness (QED) is 0.849. The highest BCUT2D eigenvalue weighted by Gasteiger charge is 2.24. The number of amides is 1. The SMILES string of the molecule is CC(Cc1cccs1)NC(=O)C(C)(C)Br. The normalized spacial score (nSPS) is 13.6. The summed E-state index contributed by atoms with van der Waals surface area (Å²) in [7, 11) is 0. The zero-order valence-electron chi connectivity index (χ0n) is 9.21. The number of nitrogens with one attached hydrogen (secondary N) is 1. The van der Waals surface area contributed by atoms with E-state index in [4.69, 9.17) is 0 Å². The van der Waals surface area contributed by atoms with Gasteiger partial charge < -0.3 is 5.32 Å². The average Bonchev–Trinajstić information content (AvgIpc) is 2.54. The van der Waals surface area contributed by atoms with Gasteiger partial charge in [-0.1, -0.05) is 22.0 Å². The lowest BCUT2D eigenvalue weighted by Crippen LogP contribution is -2.43. The fourth-order valence-electron chi connectivity index (χ4n) is 1.18. The Morgan fingerprint density at radius 3 is 2.80 bits per heavy atom. The maximum Gasteiger partial charge on any atom is 0.236 e. The van der Waals surface area contributed by atoms with Gasteiger partial charge in [-0.2, -0.15) is 0 Å². The molecule has 0 radical (unpaired) electrons. The van der Waals surface area contributed by atoms with E-state index in [9.17, 15) is 4.79 Å². The minimum atomic E-state index is -0.489. The third kappa shape index (κ3) is 4.34. The maximum atomic E-state index is 11.6. The van der Waals surface area contributed by atoms with Crippen molar-refractivity contribution in [2.24, 2.45) is 0 Å². The Morgan fingerprint density at radius 2 is 2.33 bits per heavy atom. The molecule has 2 nitrogen and oxygen atoms in total. The molecule has 0 saturated heterocycles. The highest BCUT2D eigenvalue weighted by atomic mass is 79.9. The van der Waals surface area contributed by atoms with Gasteiger partial charge in [0.25, 0.3) is 0 Å². The minimum Gasteiger partial charge on any atom is -0.352 e. The van der Waals surface area contributed by atoms with Gasteiger partial charge in [0.2, 0.25) is 5.91 Å². The molecular weight excluding hydrogens is 274 g/mol. The molecular formula is C11H16BrNOS. The van der Waals surface area contributed by atoms with Gasteiger partial charge in [0.15, 0.2) is 0 Å². The van der Waals surface area contributed by atoms with Gasteiger partial charge in [0, 0.05) is 17.3 Å². The Labute approximate surface area is 103 Å². The van der Waals surface area contributed by atoms with Crippen LogP contribution in [0.1, 0.15) is 25.6 Å². The van der Waals surface area contributed by atoms with Crippen LogP contribution in [0, 0.1) is 0 Å². The van der Waals surface area contributed by atoms with Gasteiger partial charge in [-0.05, 0) is 32.2 Å². The van der Waals surface area contributed by atoms with Crippen molar-refractivity contribution < 1.29 is 4.79 Å². The molecule has 4 heteroatoms. The van der Waals surface area contributed by atoms with E-state index in [2.05, 4.69) is 32.7 Å². The predicted molar refractivity (Wildman–Crippen MR) is 68.6 cm³/mol. The monoisotopic (exact) mass is 289 g/mol. The molecule has 0 saturated carbocycles. The molecule has 1 atom stereocenters. The molecule has 0 aliphatic carbocycles. The lowest BCUT2D eigenvalue weighted by molar-refractivity contribution is -0.123. The molecule has 1 aromatic heterocycles. The molecule has 0 aromatic carbocycles. The van der Waals surface area contributed by atoms with Crippen molar-refractivity contribution in [2.45, 2.75) is 37.6 Å². The Morgan fingerprint density at radius 1 is 1.67 bits per heavy atom. The summed E-state index contributed by atoms with van der Waals surface area (Å²) in [6.07, 6.45) is 0.895. The number of rotatable bonds is 4. The van der Waals surface area contributed by atoms with Crippen LogP contribution in [0.25, 0.3) is 0 Å². The van der Waals surface area contributed by atoms with E-state index in [1.165, 1.54) is 4.88 Å². The average molecular weight is 290 g/mol.